The number of aromatic nitrogens is 1. The quantitative estimate of drug-likeness (QED) is 0.771. The van der Waals surface area contributed by atoms with E-state index in [2.05, 4.69) is 25.7 Å². The molecule has 0 spiro atoms. The Labute approximate surface area is 83.1 Å². The summed E-state index contributed by atoms with van der Waals surface area (Å²) in [6.45, 7) is -1.02. The summed E-state index contributed by atoms with van der Waals surface area (Å²) < 4.78 is 28.0. The van der Waals surface area contributed by atoms with Gasteiger partial charge in [0.1, 0.15) is 0 Å². The molecule has 5 heteroatoms. The van der Waals surface area contributed by atoms with Gasteiger partial charge in [0.2, 0.25) is 5.88 Å². The summed E-state index contributed by atoms with van der Waals surface area (Å²) >= 11 is 3.26. The van der Waals surface area contributed by atoms with Crippen molar-refractivity contribution in [2.45, 2.75) is 18.4 Å². The van der Waals surface area contributed by atoms with Crippen LogP contribution < -0.4 is 4.74 Å². The smallest absolute Gasteiger partial charge is 0.388 e. The molecule has 0 bridgehead atoms. The zero-order valence-electron chi connectivity index (χ0n) is 6.88. The SMILES string of the molecule is CC(Br)c1cccnc1OC(F)F. The highest BCUT2D eigenvalue weighted by Gasteiger charge is 2.13. The Morgan fingerprint density at radius 3 is 2.77 bits per heavy atom. The summed E-state index contributed by atoms with van der Waals surface area (Å²) in [4.78, 5) is 3.65. The Morgan fingerprint density at radius 2 is 2.23 bits per heavy atom. The van der Waals surface area contributed by atoms with Crippen LogP contribution in [0.3, 0.4) is 0 Å². The van der Waals surface area contributed by atoms with E-state index in [1.54, 1.807) is 12.1 Å². The summed E-state index contributed by atoms with van der Waals surface area (Å²) in [6, 6.07) is 3.36. The largest absolute Gasteiger partial charge is 0.417 e. The third kappa shape index (κ3) is 2.91. The van der Waals surface area contributed by atoms with Crippen molar-refractivity contribution in [2.24, 2.45) is 0 Å². The highest BCUT2D eigenvalue weighted by Crippen LogP contribution is 2.29. The van der Waals surface area contributed by atoms with Crippen molar-refractivity contribution < 1.29 is 13.5 Å². The molecule has 2 nitrogen and oxygen atoms in total. The van der Waals surface area contributed by atoms with Gasteiger partial charge in [0.25, 0.3) is 0 Å². The van der Waals surface area contributed by atoms with Crippen LogP contribution in [-0.4, -0.2) is 11.6 Å². The number of rotatable bonds is 3. The van der Waals surface area contributed by atoms with Gasteiger partial charge in [0.05, 0.1) is 0 Å². The van der Waals surface area contributed by atoms with Gasteiger partial charge in [-0.15, -0.1) is 0 Å². The highest BCUT2D eigenvalue weighted by atomic mass is 79.9. The lowest BCUT2D eigenvalue weighted by Crippen LogP contribution is -2.06. The van der Waals surface area contributed by atoms with Gasteiger partial charge < -0.3 is 4.74 Å². The van der Waals surface area contributed by atoms with Gasteiger partial charge in [0.15, 0.2) is 0 Å². The van der Waals surface area contributed by atoms with Crippen molar-refractivity contribution in [3.8, 4) is 5.88 Å². The maximum absolute atomic E-state index is 11.9. The normalized spacial score (nSPS) is 13.0. The molecule has 1 aromatic rings. The zero-order chi connectivity index (χ0) is 9.84. The van der Waals surface area contributed by atoms with Crippen LogP contribution in [0.2, 0.25) is 0 Å². The minimum atomic E-state index is -2.83. The van der Waals surface area contributed by atoms with Crippen LogP contribution in [0.1, 0.15) is 17.3 Å². The molecule has 0 saturated carbocycles. The van der Waals surface area contributed by atoms with E-state index in [1.807, 2.05) is 6.92 Å². The Balaban J connectivity index is 2.91. The minimum absolute atomic E-state index is 0.0260. The van der Waals surface area contributed by atoms with E-state index >= 15 is 0 Å². The number of halogens is 3. The molecule has 72 valence electrons. The minimum Gasteiger partial charge on any atom is -0.417 e. The number of nitrogens with zero attached hydrogens (tertiary/aromatic N) is 1. The molecule has 1 rings (SSSR count). The van der Waals surface area contributed by atoms with E-state index in [4.69, 9.17) is 0 Å². The highest BCUT2D eigenvalue weighted by molar-refractivity contribution is 9.09. The summed E-state index contributed by atoms with van der Waals surface area (Å²) in [5.74, 6) is -0.0260. The predicted molar refractivity (Wildman–Crippen MR) is 48.2 cm³/mol. The van der Waals surface area contributed by atoms with E-state index in [0.29, 0.717) is 5.56 Å². The maximum atomic E-state index is 11.9. The molecule has 1 atom stereocenters. The van der Waals surface area contributed by atoms with Gasteiger partial charge in [-0.3, -0.25) is 0 Å². The van der Waals surface area contributed by atoms with Crippen LogP contribution in [0.4, 0.5) is 8.78 Å². The molecule has 0 aliphatic carbocycles. The van der Waals surface area contributed by atoms with Crippen molar-refractivity contribution in [3.63, 3.8) is 0 Å². The van der Waals surface area contributed by atoms with Gasteiger partial charge in [-0.2, -0.15) is 8.78 Å². The molecule has 1 heterocycles. The zero-order valence-corrected chi connectivity index (χ0v) is 8.46. The van der Waals surface area contributed by atoms with Crippen LogP contribution in [0.5, 0.6) is 5.88 Å². The van der Waals surface area contributed by atoms with Crippen molar-refractivity contribution in [1.29, 1.82) is 0 Å². The lowest BCUT2D eigenvalue weighted by Gasteiger charge is -2.09. The maximum Gasteiger partial charge on any atom is 0.388 e. The average Bonchev–Trinajstić information content (AvgIpc) is 2.03. The Hall–Kier alpha value is -0.710. The van der Waals surface area contributed by atoms with Crippen molar-refractivity contribution >= 4 is 15.9 Å². The predicted octanol–water partition coefficient (Wildman–Crippen LogP) is 3.14. The number of ether oxygens (including phenoxy) is 1. The van der Waals surface area contributed by atoms with Gasteiger partial charge >= 0.3 is 6.61 Å². The molecular formula is C8H8BrF2NO. The standard InChI is InChI=1S/C8H8BrF2NO/c1-5(9)6-3-2-4-12-7(6)13-8(10)11/h2-5,8H,1H3. The molecule has 0 saturated heterocycles. The lowest BCUT2D eigenvalue weighted by atomic mass is 10.2. The summed E-state index contributed by atoms with van der Waals surface area (Å²) in [6.07, 6.45) is 1.41. The van der Waals surface area contributed by atoms with E-state index < -0.39 is 6.61 Å². The second kappa shape index (κ2) is 4.50. The van der Waals surface area contributed by atoms with Gasteiger partial charge in [-0.05, 0) is 13.0 Å². The first-order valence-electron chi connectivity index (χ1n) is 3.65. The molecule has 0 aromatic carbocycles. The molecular weight excluding hydrogens is 244 g/mol. The van der Waals surface area contributed by atoms with E-state index in [1.165, 1.54) is 6.20 Å². The van der Waals surface area contributed by atoms with Gasteiger partial charge in [-0.1, -0.05) is 22.0 Å². The first-order valence-corrected chi connectivity index (χ1v) is 4.56. The van der Waals surface area contributed by atoms with Crippen LogP contribution in [0.25, 0.3) is 0 Å². The van der Waals surface area contributed by atoms with Crippen LogP contribution in [-0.2, 0) is 0 Å². The molecule has 0 fully saturated rings. The fraction of sp³-hybridized carbons (Fsp3) is 0.375. The van der Waals surface area contributed by atoms with Gasteiger partial charge in [-0.25, -0.2) is 4.98 Å². The van der Waals surface area contributed by atoms with Crippen LogP contribution in [0.15, 0.2) is 18.3 Å². The Morgan fingerprint density at radius 1 is 1.54 bits per heavy atom. The lowest BCUT2D eigenvalue weighted by molar-refractivity contribution is -0.0534. The molecule has 1 unspecified atom stereocenters. The van der Waals surface area contributed by atoms with E-state index in [-0.39, 0.29) is 10.7 Å². The topological polar surface area (TPSA) is 22.1 Å². The molecule has 13 heavy (non-hydrogen) atoms. The molecule has 0 aliphatic rings. The van der Waals surface area contributed by atoms with Crippen molar-refractivity contribution in [1.82, 2.24) is 4.98 Å². The molecule has 0 radical (unpaired) electrons. The monoisotopic (exact) mass is 251 g/mol. The summed E-state index contributed by atoms with van der Waals surface area (Å²) in [5.41, 5.74) is 0.614. The van der Waals surface area contributed by atoms with Crippen molar-refractivity contribution in [3.05, 3.63) is 23.9 Å². The molecule has 0 N–H and O–H groups in total. The average molecular weight is 252 g/mol. The fourth-order valence-electron chi connectivity index (χ4n) is 0.889. The third-order valence-electron chi connectivity index (χ3n) is 1.43. The van der Waals surface area contributed by atoms with Crippen LogP contribution in [0, 0.1) is 0 Å². The Kier molecular flexibility index (Phi) is 3.59. The first kappa shape index (κ1) is 10.4. The Bertz CT molecular complexity index is 281. The van der Waals surface area contributed by atoms with E-state index in [0.717, 1.165) is 0 Å². The first-order chi connectivity index (χ1) is 6.11. The molecule has 1 aromatic heterocycles. The van der Waals surface area contributed by atoms with Crippen LogP contribution >= 0.6 is 15.9 Å². The summed E-state index contributed by atoms with van der Waals surface area (Å²) in [5, 5.41) is 0. The number of hydrogen-bond donors (Lipinski definition) is 0. The second-order valence-electron chi connectivity index (χ2n) is 2.39. The number of hydrogen-bond acceptors (Lipinski definition) is 2. The third-order valence-corrected chi connectivity index (χ3v) is 1.92. The number of alkyl halides is 3. The van der Waals surface area contributed by atoms with E-state index in [9.17, 15) is 8.78 Å². The second-order valence-corrected chi connectivity index (χ2v) is 3.77. The van der Waals surface area contributed by atoms with Crippen molar-refractivity contribution in [2.75, 3.05) is 0 Å². The molecule has 0 amide bonds. The summed E-state index contributed by atoms with van der Waals surface area (Å²) in [7, 11) is 0. The fourth-order valence-corrected chi connectivity index (χ4v) is 1.24. The number of pyridine rings is 1. The molecule has 0 aliphatic heterocycles. The van der Waals surface area contributed by atoms with Gasteiger partial charge in [0, 0.05) is 16.6 Å².